The predicted octanol–water partition coefficient (Wildman–Crippen LogP) is 3.17. The normalized spacial score (nSPS) is 22.6. The Kier molecular flexibility index (Phi) is 4.49. The molecule has 2 rings (SSSR count). The molecule has 1 aliphatic rings. The van der Waals surface area contributed by atoms with Gasteiger partial charge < -0.3 is 10.2 Å². The van der Waals surface area contributed by atoms with Gasteiger partial charge in [-0.2, -0.15) is 5.26 Å². The number of anilines is 1. The van der Waals surface area contributed by atoms with Crippen LogP contribution in [0.5, 0.6) is 0 Å². The summed E-state index contributed by atoms with van der Waals surface area (Å²) in [7, 11) is 0. The Bertz CT molecular complexity index is 479. The number of rotatable bonds is 2. The molecule has 0 radical (unpaired) electrons. The van der Waals surface area contributed by atoms with Gasteiger partial charge in [-0.05, 0) is 23.6 Å². The van der Waals surface area contributed by atoms with Crippen molar-refractivity contribution in [1.82, 2.24) is 5.32 Å². The maximum atomic E-state index is 9.05. The third kappa shape index (κ3) is 3.71. The molecule has 0 aromatic heterocycles. The maximum Gasteiger partial charge on any atom is 0.0643 e. The molecule has 0 spiro atoms. The highest BCUT2D eigenvalue weighted by Gasteiger charge is 2.30. The Morgan fingerprint density at radius 1 is 1.53 bits per heavy atom. The van der Waals surface area contributed by atoms with Crippen molar-refractivity contribution < 1.29 is 0 Å². The Morgan fingerprint density at radius 2 is 2.32 bits per heavy atom. The Morgan fingerprint density at radius 3 is 3.00 bits per heavy atom. The van der Waals surface area contributed by atoms with Crippen molar-refractivity contribution in [2.75, 3.05) is 24.5 Å². The quantitative estimate of drug-likeness (QED) is 0.909. The summed E-state index contributed by atoms with van der Waals surface area (Å²) in [4.78, 5) is 2.37. The molecule has 0 bridgehead atoms. The van der Waals surface area contributed by atoms with Crippen LogP contribution in [0.25, 0.3) is 0 Å². The van der Waals surface area contributed by atoms with Gasteiger partial charge in [0.05, 0.1) is 18.5 Å². The lowest BCUT2D eigenvalue weighted by atomic mass is 9.92. The molecule has 0 saturated carbocycles. The average Bonchev–Trinajstić information content (AvgIpc) is 2.49. The molecule has 1 fully saturated rings. The minimum absolute atomic E-state index is 0.201. The van der Waals surface area contributed by atoms with Crippen molar-refractivity contribution in [2.45, 2.75) is 26.3 Å². The lowest BCUT2D eigenvalue weighted by Gasteiger charge is -2.35. The zero-order valence-corrected chi connectivity index (χ0v) is 13.1. The van der Waals surface area contributed by atoms with Crippen LogP contribution in [-0.4, -0.2) is 25.7 Å². The van der Waals surface area contributed by atoms with Crippen molar-refractivity contribution in [2.24, 2.45) is 5.41 Å². The number of nitrogens with zero attached hydrogens (tertiary/aromatic N) is 2. The molecule has 1 aromatic rings. The molecule has 4 heteroatoms. The van der Waals surface area contributed by atoms with E-state index in [-0.39, 0.29) is 11.5 Å². The summed E-state index contributed by atoms with van der Waals surface area (Å²) in [5.74, 6) is 0. The molecule has 1 aromatic carbocycles. The standard InChI is InChI=1S/C15H20BrN3/c1-15(2)10-18-9-14(6-7-17)19(11-15)13-5-3-4-12(16)8-13/h3-5,8,14,18H,6,9-11H2,1-2H3. The predicted molar refractivity (Wildman–Crippen MR) is 82.2 cm³/mol. The summed E-state index contributed by atoms with van der Waals surface area (Å²) in [6.45, 7) is 7.34. The second-order valence-electron chi connectivity index (χ2n) is 5.92. The van der Waals surface area contributed by atoms with Crippen molar-refractivity contribution >= 4 is 21.6 Å². The molecular weight excluding hydrogens is 302 g/mol. The van der Waals surface area contributed by atoms with Crippen LogP contribution in [0.2, 0.25) is 0 Å². The third-order valence-corrected chi connectivity index (χ3v) is 3.98. The number of hydrogen-bond donors (Lipinski definition) is 1. The molecule has 1 atom stereocenters. The van der Waals surface area contributed by atoms with Gasteiger partial charge in [0.25, 0.3) is 0 Å². The fourth-order valence-corrected chi connectivity index (χ4v) is 2.97. The molecule has 1 unspecified atom stereocenters. The van der Waals surface area contributed by atoms with Crippen LogP contribution in [0, 0.1) is 16.7 Å². The summed E-state index contributed by atoms with van der Waals surface area (Å²) in [6, 6.07) is 10.9. The summed E-state index contributed by atoms with van der Waals surface area (Å²) in [5.41, 5.74) is 1.39. The number of halogens is 1. The van der Waals surface area contributed by atoms with Crippen LogP contribution in [0.1, 0.15) is 20.3 Å². The summed E-state index contributed by atoms with van der Waals surface area (Å²) >= 11 is 3.53. The van der Waals surface area contributed by atoms with Crippen molar-refractivity contribution in [3.8, 4) is 6.07 Å². The highest BCUT2D eigenvalue weighted by Crippen LogP contribution is 2.28. The first-order valence-electron chi connectivity index (χ1n) is 6.62. The molecule has 3 nitrogen and oxygen atoms in total. The monoisotopic (exact) mass is 321 g/mol. The summed E-state index contributed by atoms with van der Waals surface area (Å²) in [6.07, 6.45) is 0.551. The van der Waals surface area contributed by atoms with Gasteiger partial charge in [0.15, 0.2) is 0 Å². The van der Waals surface area contributed by atoms with Crippen molar-refractivity contribution in [1.29, 1.82) is 5.26 Å². The highest BCUT2D eigenvalue weighted by atomic mass is 79.9. The Labute approximate surface area is 123 Å². The molecule has 1 aliphatic heterocycles. The van der Waals surface area contributed by atoms with E-state index in [2.05, 4.69) is 58.2 Å². The fraction of sp³-hybridized carbons (Fsp3) is 0.533. The minimum atomic E-state index is 0.201. The molecule has 1 N–H and O–H groups in total. The van der Waals surface area contributed by atoms with Gasteiger partial charge in [-0.3, -0.25) is 0 Å². The van der Waals surface area contributed by atoms with E-state index in [1.807, 2.05) is 12.1 Å². The Balaban J connectivity index is 2.32. The Hall–Kier alpha value is -1.05. The fourth-order valence-electron chi connectivity index (χ4n) is 2.58. The van der Waals surface area contributed by atoms with Crippen LogP contribution in [0.15, 0.2) is 28.7 Å². The van der Waals surface area contributed by atoms with Gasteiger partial charge in [0.1, 0.15) is 0 Å². The molecular formula is C15H20BrN3. The first-order chi connectivity index (χ1) is 9.02. The van der Waals surface area contributed by atoms with Crippen LogP contribution < -0.4 is 10.2 Å². The van der Waals surface area contributed by atoms with E-state index in [4.69, 9.17) is 5.26 Å². The molecule has 19 heavy (non-hydrogen) atoms. The van der Waals surface area contributed by atoms with Gasteiger partial charge in [-0.25, -0.2) is 0 Å². The van der Waals surface area contributed by atoms with Crippen LogP contribution in [0.3, 0.4) is 0 Å². The van der Waals surface area contributed by atoms with E-state index in [1.165, 1.54) is 5.69 Å². The first-order valence-corrected chi connectivity index (χ1v) is 7.41. The average molecular weight is 322 g/mol. The van der Waals surface area contributed by atoms with E-state index in [0.29, 0.717) is 6.42 Å². The van der Waals surface area contributed by atoms with E-state index >= 15 is 0 Å². The number of benzene rings is 1. The van der Waals surface area contributed by atoms with Crippen molar-refractivity contribution in [3.63, 3.8) is 0 Å². The largest absolute Gasteiger partial charge is 0.366 e. The van der Waals surface area contributed by atoms with Gasteiger partial charge >= 0.3 is 0 Å². The smallest absolute Gasteiger partial charge is 0.0643 e. The van der Waals surface area contributed by atoms with Crippen molar-refractivity contribution in [3.05, 3.63) is 28.7 Å². The zero-order valence-electron chi connectivity index (χ0n) is 11.5. The second kappa shape index (κ2) is 5.94. The topological polar surface area (TPSA) is 39.1 Å². The SMILES string of the molecule is CC1(C)CNCC(CC#N)N(c2cccc(Br)c2)C1. The first kappa shape index (κ1) is 14.4. The molecule has 0 amide bonds. The second-order valence-corrected chi connectivity index (χ2v) is 6.83. The lowest BCUT2D eigenvalue weighted by molar-refractivity contribution is 0.369. The maximum absolute atomic E-state index is 9.05. The minimum Gasteiger partial charge on any atom is -0.366 e. The van der Waals surface area contributed by atoms with E-state index in [1.54, 1.807) is 0 Å². The molecule has 1 saturated heterocycles. The van der Waals surface area contributed by atoms with E-state index in [9.17, 15) is 0 Å². The van der Waals surface area contributed by atoms with Crippen LogP contribution in [-0.2, 0) is 0 Å². The highest BCUT2D eigenvalue weighted by molar-refractivity contribution is 9.10. The lowest BCUT2D eigenvalue weighted by Crippen LogP contribution is -2.41. The summed E-state index contributed by atoms with van der Waals surface area (Å²) < 4.78 is 1.08. The van der Waals surface area contributed by atoms with Gasteiger partial charge in [-0.1, -0.05) is 35.8 Å². The van der Waals surface area contributed by atoms with Gasteiger partial charge in [0, 0.05) is 29.8 Å². The molecule has 102 valence electrons. The number of hydrogen-bond acceptors (Lipinski definition) is 3. The number of nitrogens with one attached hydrogen (secondary N) is 1. The van der Waals surface area contributed by atoms with Gasteiger partial charge in [0.2, 0.25) is 0 Å². The summed E-state index contributed by atoms with van der Waals surface area (Å²) in [5, 5.41) is 12.5. The third-order valence-electron chi connectivity index (χ3n) is 3.49. The van der Waals surface area contributed by atoms with Gasteiger partial charge in [-0.15, -0.1) is 0 Å². The van der Waals surface area contributed by atoms with Crippen LogP contribution in [0.4, 0.5) is 5.69 Å². The molecule has 0 aliphatic carbocycles. The van der Waals surface area contributed by atoms with E-state index in [0.717, 1.165) is 24.1 Å². The van der Waals surface area contributed by atoms with Crippen LogP contribution >= 0.6 is 15.9 Å². The zero-order chi connectivity index (χ0) is 13.9. The van der Waals surface area contributed by atoms with E-state index < -0.39 is 0 Å². The number of nitriles is 1. The molecule has 1 heterocycles.